The van der Waals surface area contributed by atoms with Crippen LogP contribution in [-0.4, -0.2) is 52.4 Å². The van der Waals surface area contributed by atoms with Crippen LogP contribution in [0, 0.1) is 0 Å². The van der Waals surface area contributed by atoms with E-state index in [2.05, 4.69) is 10.4 Å². The van der Waals surface area contributed by atoms with Gasteiger partial charge in [0.15, 0.2) is 0 Å². The minimum Gasteiger partial charge on any atom is -0.462 e. The van der Waals surface area contributed by atoms with Crippen LogP contribution in [0.4, 0.5) is 10.5 Å². The second kappa shape index (κ2) is 9.88. The van der Waals surface area contributed by atoms with E-state index < -0.39 is 23.5 Å². The third kappa shape index (κ3) is 5.47. The van der Waals surface area contributed by atoms with Crippen LogP contribution < -0.4 is 10.9 Å². The molecule has 1 aliphatic heterocycles. The highest BCUT2D eigenvalue weighted by atomic mass is 16.6. The normalized spacial score (nSPS) is 12.6. The first-order chi connectivity index (χ1) is 14.9. The molecule has 0 fully saturated rings. The topological polar surface area (TPSA) is 120 Å². The molecule has 0 bridgehead atoms. The fraction of sp³-hybridized carbons (Fsp3) is 0.381. The van der Waals surface area contributed by atoms with E-state index in [1.54, 1.807) is 38.1 Å². The van der Waals surface area contributed by atoms with Crippen LogP contribution in [-0.2, 0) is 33.8 Å². The molecule has 10 nitrogen and oxygen atoms in total. The number of carbonyl (C=O) groups excluding carboxylic acids is 3. The summed E-state index contributed by atoms with van der Waals surface area (Å²) in [6.45, 7) is 4.43. The summed E-state index contributed by atoms with van der Waals surface area (Å²) in [5.41, 5.74) is 1.75. The van der Waals surface area contributed by atoms with Crippen molar-refractivity contribution in [3.8, 4) is 0 Å². The maximum atomic E-state index is 12.4. The van der Waals surface area contributed by atoms with Crippen molar-refractivity contribution in [1.82, 2.24) is 14.7 Å². The molecule has 2 amide bonds. The van der Waals surface area contributed by atoms with Crippen molar-refractivity contribution >= 4 is 23.7 Å². The van der Waals surface area contributed by atoms with E-state index in [1.807, 2.05) is 0 Å². The van der Waals surface area contributed by atoms with Crippen molar-refractivity contribution in [2.24, 2.45) is 0 Å². The molecule has 0 spiro atoms. The van der Waals surface area contributed by atoms with Crippen LogP contribution in [0.1, 0.15) is 35.5 Å². The number of hydrogen-bond acceptors (Lipinski definition) is 7. The SMILES string of the molecule is CCOC(=O)c1ccc(NC(=O)Cn2nc3c(cc2=O)CN(C(=O)OCC)CC3)cc1. The van der Waals surface area contributed by atoms with Gasteiger partial charge in [0.1, 0.15) is 6.54 Å². The third-order valence-electron chi connectivity index (χ3n) is 4.64. The summed E-state index contributed by atoms with van der Waals surface area (Å²) >= 11 is 0. The van der Waals surface area contributed by atoms with E-state index in [0.717, 1.165) is 4.68 Å². The maximum absolute atomic E-state index is 12.4. The number of rotatable bonds is 6. The molecule has 0 aliphatic carbocycles. The average molecular weight is 428 g/mol. The Morgan fingerprint density at radius 1 is 1.10 bits per heavy atom. The molecular formula is C21H24N4O6. The molecule has 0 unspecified atom stereocenters. The van der Waals surface area contributed by atoms with Crippen LogP contribution >= 0.6 is 0 Å². The molecule has 1 N–H and O–H groups in total. The predicted molar refractivity (Wildman–Crippen MR) is 111 cm³/mol. The first-order valence-corrected chi connectivity index (χ1v) is 10.00. The standard InChI is InChI=1S/C21H24N4O6/c1-3-30-20(28)14-5-7-16(8-6-14)22-18(26)13-25-19(27)11-15-12-24(21(29)31-4-2)10-9-17(15)23-25/h5-8,11H,3-4,9-10,12-13H2,1-2H3,(H,22,26). The highest BCUT2D eigenvalue weighted by Gasteiger charge is 2.24. The molecule has 0 saturated carbocycles. The molecular weight excluding hydrogens is 404 g/mol. The summed E-state index contributed by atoms with van der Waals surface area (Å²) in [6.07, 6.45) is 0.0384. The van der Waals surface area contributed by atoms with Crippen LogP contribution in [0.2, 0.25) is 0 Å². The van der Waals surface area contributed by atoms with E-state index in [1.165, 1.54) is 11.0 Å². The van der Waals surface area contributed by atoms with Gasteiger partial charge < -0.3 is 19.7 Å². The fourth-order valence-corrected chi connectivity index (χ4v) is 3.16. The molecule has 3 rings (SSSR count). The molecule has 1 aromatic heterocycles. The van der Waals surface area contributed by atoms with Gasteiger partial charge >= 0.3 is 12.1 Å². The lowest BCUT2D eigenvalue weighted by molar-refractivity contribution is -0.117. The lowest BCUT2D eigenvalue weighted by Crippen LogP contribution is -2.39. The van der Waals surface area contributed by atoms with Gasteiger partial charge in [0, 0.05) is 30.3 Å². The molecule has 10 heteroatoms. The van der Waals surface area contributed by atoms with Crippen molar-refractivity contribution in [1.29, 1.82) is 0 Å². The number of esters is 1. The van der Waals surface area contributed by atoms with Crippen LogP contribution in [0.15, 0.2) is 35.1 Å². The average Bonchev–Trinajstić information content (AvgIpc) is 2.74. The van der Waals surface area contributed by atoms with Gasteiger partial charge in [-0.15, -0.1) is 0 Å². The first kappa shape index (κ1) is 22.0. The minimum absolute atomic E-state index is 0.246. The van der Waals surface area contributed by atoms with Gasteiger partial charge in [-0.1, -0.05) is 0 Å². The molecule has 2 heterocycles. The lowest BCUT2D eigenvalue weighted by atomic mass is 10.1. The molecule has 31 heavy (non-hydrogen) atoms. The van der Waals surface area contributed by atoms with Crippen molar-refractivity contribution in [3.63, 3.8) is 0 Å². The summed E-state index contributed by atoms with van der Waals surface area (Å²) in [5, 5.41) is 6.97. The Morgan fingerprint density at radius 3 is 2.48 bits per heavy atom. The number of ether oxygens (including phenoxy) is 2. The molecule has 0 saturated heterocycles. The summed E-state index contributed by atoms with van der Waals surface area (Å²) in [5.74, 6) is -0.867. The quantitative estimate of drug-likeness (QED) is 0.694. The Morgan fingerprint density at radius 2 is 1.81 bits per heavy atom. The van der Waals surface area contributed by atoms with Gasteiger partial charge in [0.2, 0.25) is 5.91 Å². The van der Waals surface area contributed by atoms with Gasteiger partial charge in [0.25, 0.3) is 5.56 Å². The monoisotopic (exact) mass is 428 g/mol. The maximum Gasteiger partial charge on any atom is 0.410 e. The smallest absolute Gasteiger partial charge is 0.410 e. The van der Waals surface area contributed by atoms with Crippen molar-refractivity contribution in [3.05, 3.63) is 57.5 Å². The second-order valence-corrected chi connectivity index (χ2v) is 6.83. The van der Waals surface area contributed by atoms with Gasteiger partial charge in [-0.05, 0) is 38.1 Å². The molecule has 0 atom stereocenters. The van der Waals surface area contributed by atoms with E-state index in [4.69, 9.17) is 9.47 Å². The summed E-state index contributed by atoms with van der Waals surface area (Å²) in [7, 11) is 0. The lowest BCUT2D eigenvalue weighted by Gasteiger charge is -2.27. The van der Waals surface area contributed by atoms with E-state index >= 15 is 0 Å². The predicted octanol–water partition coefficient (Wildman–Crippen LogP) is 1.57. The largest absolute Gasteiger partial charge is 0.462 e. The highest BCUT2D eigenvalue weighted by Crippen LogP contribution is 2.16. The summed E-state index contributed by atoms with van der Waals surface area (Å²) in [6, 6.07) is 7.65. The number of anilines is 1. The van der Waals surface area contributed by atoms with Gasteiger partial charge in [-0.3, -0.25) is 9.59 Å². The van der Waals surface area contributed by atoms with Crippen molar-refractivity contribution < 1.29 is 23.9 Å². The van der Waals surface area contributed by atoms with Crippen LogP contribution in [0.3, 0.4) is 0 Å². The number of benzene rings is 1. The molecule has 0 radical (unpaired) electrons. The number of fused-ring (bicyclic) bond motifs is 1. The number of aromatic nitrogens is 2. The third-order valence-corrected chi connectivity index (χ3v) is 4.64. The van der Waals surface area contributed by atoms with Gasteiger partial charge in [-0.25, -0.2) is 14.3 Å². The minimum atomic E-state index is -0.438. The number of amides is 2. The highest BCUT2D eigenvalue weighted by molar-refractivity contribution is 5.92. The number of carbonyl (C=O) groups is 3. The summed E-state index contributed by atoms with van der Waals surface area (Å²) in [4.78, 5) is 49.9. The zero-order valence-corrected chi connectivity index (χ0v) is 17.4. The Hall–Kier alpha value is -3.69. The molecule has 164 valence electrons. The van der Waals surface area contributed by atoms with E-state index in [0.29, 0.717) is 35.5 Å². The van der Waals surface area contributed by atoms with Crippen molar-refractivity contribution in [2.75, 3.05) is 25.1 Å². The van der Waals surface area contributed by atoms with Crippen molar-refractivity contribution in [2.45, 2.75) is 33.4 Å². The zero-order chi connectivity index (χ0) is 22.4. The Labute approximate surface area is 178 Å². The second-order valence-electron chi connectivity index (χ2n) is 6.83. The number of hydrogen-bond donors (Lipinski definition) is 1. The van der Waals surface area contributed by atoms with E-state index in [-0.39, 0.29) is 26.3 Å². The van der Waals surface area contributed by atoms with Crippen LogP contribution in [0.5, 0.6) is 0 Å². The fourth-order valence-electron chi connectivity index (χ4n) is 3.16. The molecule has 2 aromatic rings. The van der Waals surface area contributed by atoms with Gasteiger partial charge in [0.05, 0.1) is 31.0 Å². The number of nitrogens with one attached hydrogen (secondary N) is 1. The number of nitrogens with zero attached hydrogens (tertiary/aromatic N) is 3. The zero-order valence-electron chi connectivity index (χ0n) is 17.4. The van der Waals surface area contributed by atoms with Gasteiger partial charge in [-0.2, -0.15) is 5.10 Å². The molecule has 1 aromatic carbocycles. The Kier molecular flexibility index (Phi) is 7.01. The Balaban J connectivity index is 1.64. The molecule has 1 aliphatic rings. The first-order valence-electron chi connectivity index (χ1n) is 10.00. The van der Waals surface area contributed by atoms with Crippen LogP contribution in [0.25, 0.3) is 0 Å². The summed E-state index contributed by atoms with van der Waals surface area (Å²) < 4.78 is 11.0. The Bertz CT molecular complexity index is 1030. The van der Waals surface area contributed by atoms with E-state index in [9.17, 15) is 19.2 Å².